The third-order valence-corrected chi connectivity index (χ3v) is 4.34. The van der Waals surface area contributed by atoms with Crippen molar-refractivity contribution in [2.24, 2.45) is 5.10 Å². The highest BCUT2D eigenvalue weighted by Gasteiger charge is 2.12. The van der Waals surface area contributed by atoms with Gasteiger partial charge in [0.25, 0.3) is 0 Å². The number of nitrogens with one attached hydrogen (secondary N) is 1. The minimum absolute atomic E-state index is 0.281. The van der Waals surface area contributed by atoms with Gasteiger partial charge in [-0.1, -0.05) is 0 Å². The quantitative estimate of drug-likeness (QED) is 0.429. The van der Waals surface area contributed by atoms with E-state index in [9.17, 15) is 10.1 Å². The largest absolute Gasteiger partial charge is 0.493 e. The summed E-state index contributed by atoms with van der Waals surface area (Å²) < 4.78 is 16.2. The number of carboxylic acids is 1. The van der Waals surface area contributed by atoms with Crippen LogP contribution in [-0.2, 0) is 16.1 Å². The molecule has 2 N–H and O–H groups in total. The Bertz CT molecular complexity index is 972. The van der Waals surface area contributed by atoms with Gasteiger partial charge in [-0.05, 0) is 41.1 Å². The number of pyridine rings is 1. The number of rotatable bonds is 9. The van der Waals surface area contributed by atoms with E-state index in [0.29, 0.717) is 32.7 Å². The molecule has 2 rings (SSSR count). The lowest BCUT2D eigenvalue weighted by molar-refractivity contribution is -0.139. The summed E-state index contributed by atoms with van der Waals surface area (Å²) in [6, 6.07) is 7.12. The number of methoxy groups -OCH3 is 2. The molecule has 0 aliphatic heterocycles. The predicted molar refractivity (Wildman–Crippen MR) is 109 cm³/mol. The van der Waals surface area contributed by atoms with Crippen LogP contribution in [0.1, 0.15) is 22.4 Å². The van der Waals surface area contributed by atoms with Crippen LogP contribution in [0.3, 0.4) is 0 Å². The van der Waals surface area contributed by atoms with Gasteiger partial charge < -0.3 is 19.3 Å². The molecule has 1 heterocycles. The number of hydrazone groups is 1. The number of halogens is 1. The fourth-order valence-electron chi connectivity index (χ4n) is 2.44. The Morgan fingerprint density at radius 2 is 2.14 bits per heavy atom. The Balaban J connectivity index is 2.27. The maximum atomic E-state index is 10.7. The molecule has 0 amide bonds. The molecule has 10 heteroatoms. The molecule has 9 nitrogen and oxygen atoms in total. The first-order valence-corrected chi connectivity index (χ1v) is 9.09. The number of anilines is 1. The summed E-state index contributed by atoms with van der Waals surface area (Å²) in [5, 5.41) is 22.4. The summed E-state index contributed by atoms with van der Waals surface area (Å²) >= 11 is 3.39. The van der Waals surface area contributed by atoms with Crippen molar-refractivity contribution in [2.45, 2.75) is 13.5 Å². The van der Waals surface area contributed by atoms with Crippen molar-refractivity contribution in [1.29, 1.82) is 5.26 Å². The molecule has 1 aromatic carbocycles. The van der Waals surface area contributed by atoms with E-state index in [0.717, 1.165) is 5.69 Å². The van der Waals surface area contributed by atoms with Gasteiger partial charge in [-0.25, -0.2) is 9.78 Å². The second-order valence-electron chi connectivity index (χ2n) is 5.77. The molecule has 0 bridgehead atoms. The molecular weight excluding hydrogens is 444 g/mol. The van der Waals surface area contributed by atoms with Gasteiger partial charge in [0.05, 0.1) is 19.9 Å². The molecule has 2 aromatic rings. The van der Waals surface area contributed by atoms with Crippen LogP contribution in [0.25, 0.3) is 0 Å². The molecule has 0 fully saturated rings. The van der Waals surface area contributed by atoms with E-state index in [1.54, 1.807) is 25.3 Å². The highest BCUT2D eigenvalue weighted by molar-refractivity contribution is 9.10. The van der Waals surface area contributed by atoms with Gasteiger partial charge in [-0.15, -0.1) is 0 Å². The Labute approximate surface area is 176 Å². The molecule has 0 saturated carbocycles. The lowest BCUT2D eigenvalue weighted by Gasteiger charge is -2.11. The average Bonchev–Trinajstić information content (AvgIpc) is 2.67. The smallest absolute Gasteiger partial charge is 0.341 e. The minimum Gasteiger partial charge on any atom is -0.493 e. The molecule has 152 valence electrons. The first kappa shape index (κ1) is 22.1. The number of hydrogen-bond donors (Lipinski definition) is 2. The Kier molecular flexibility index (Phi) is 7.94. The van der Waals surface area contributed by atoms with E-state index in [1.807, 2.05) is 6.92 Å². The fraction of sp³-hybridized carbons (Fsp3) is 0.263. The number of nitrogens with zero attached hydrogens (tertiary/aromatic N) is 3. The van der Waals surface area contributed by atoms with Crippen molar-refractivity contribution in [3.8, 4) is 17.6 Å². The van der Waals surface area contributed by atoms with Gasteiger partial charge in [0.2, 0.25) is 0 Å². The van der Waals surface area contributed by atoms with E-state index in [1.165, 1.54) is 13.3 Å². The van der Waals surface area contributed by atoms with Gasteiger partial charge in [-0.3, -0.25) is 5.43 Å². The molecule has 0 aliphatic rings. The highest BCUT2D eigenvalue weighted by Crippen LogP contribution is 2.33. The molecule has 0 atom stereocenters. The summed E-state index contributed by atoms with van der Waals surface area (Å²) in [6.07, 6.45) is 1.51. The average molecular weight is 463 g/mol. The molecule has 0 saturated heterocycles. The van der Waals surface area contributed by atoms with E-state index < -0.39 is 12.6 Å². The van der Waals surface area contributed by atoms with Gasteiger partial charge in [0.1, 0.15) is 11.6 Å². The maximum absolute atomic E-state index is 10.7. The van der Waals surface area contributed by atoms with Crippen LogP contribution in [0, 0.1) is 18.3 Å². The molecule has 0 aliphatic carbocycles. The second kappa shape index (κ2) is 10.4. The number of carbonyl (C=O) groups is 1. The van der Waals surface area contributed by atoms with Crippen molar-refractivity contribution in [2.75, 3.05) is 26.3 Å². The van der Waals surface area contributed by atoms with Crippen LogP contribution in [0.4, 0.5) is 5.82 Å². The molecule has 29 heavy (non-hydrogen) atoms. The molecular formula is C19H19BrN4O5. The number of aliphatic carboxylic acids is 1. The maximum Gasteiger partial charge on any atom is 0.341 e. The van der Waals surface area contributed by atoms with Crippen LogP contribution in [0.2, 0.25) is 0 Å². The monoisotopic (exact) mass is 462 g/mol. The number of aryl methyl sites for hydroxylation is 1. The Morgan fingerprint density at radius 1 is 1.38 bits per heavy atom. The number of hydrogen-bond acceptors (Lipinski definition) is 8. The van der Waals surface area contributed by atoms with Gasteiger partial charge in [0.15, 0.2) is 23.9 Å². The second-order valence-corrected chi connectivity index (χ2v) is 6.62. The zero-order valence-electron chi connectivity index (χ0n) is 16.0. The Morgan fingerprint density at radius 3 is 2.76 bits per heavy atom. The summed E-state index contributed by atoms with van der Waals surface area (Å²) in [6.45, 7) is 1.61. The van der Waals surface area contributed by atoms with Crippen molar-refractivity contribution >= 4 is 33.9 Å². The van der Waals surface area contributed by atoms with Gasteiger partial charge >= 0.3 is 5.97 Å². The predicted octanol–water partition coefficient (Wildman–Crippen LogP) is 3.09. The van der Waals surface area contributed by atoms with Crippen molar-refractivity contribution in [3.63, 3.8) is 0 Å². The van der Waals surface area contributed by atoms with Crippen LogP contribution in [0.15, 0.2) is 27.8 Å². The van der Waals surface area contributed by atoms with Crippen molar-refractivity contribution in [3.05, 3.63) is 45.1 Å². The fourth-order valence-corrected chi connectivity index (χ4v) is 2.87. The number of nitriles is 1. The molecule has 1 aromatic heterocycles. The van der Waals surface area contributed by atoms with Crippen LogP contribution in [0.5, 0.6) is 11.5 Å². The van der Waals surface area contributed by atoms with Crippen LogP contribution < -0.4 is 14.9 Å². The molecule has 0 spiro atoms. The normalized spacial score (nSPS) is 10.6. The van der Waals surface area contributed by atoms with E-state index in [-0.39, 0.29) is 12.4 Å². The third-order valence-electron chi connectivity index (χ3n) is 3.65. The van der Waals surface area contributed by atoms with E-state index in [2.05, 4.69) is 37.5 Å². The summed E-state index contributed by atoms with van der Waals surface area (Å²) in [5.41, 5.74) is 5.20. The lowest BCUT2D eigenvalue weighted by atomic mass is 10.1. The lowest BCUT2D eigenvalue weighted by Crippen LogP contribution is -2.10. The van der Waals surface area contributed by atoms with E-state index in [4.69, 9.17) is 19.3 Å². The standard InChI is InChI=1S/C19H19BrN4O5/c1-11-4-13(9-27-2)14(7-21)19(23-11)24-22-8-12-5-16(28-3)17(6-15(12)20)29-10-18(25)26/h4-6,8H,9-10H2,1-3H3,(H,23,24)(H,25,26)/b22-8-. The topological polar surface area (TPSA) is 126 Å². The number of benzene rings is 1. The van der Waals surface area contributed by atoms with Crippen LogP contribution >= 0.6 is 15.9 Å². The molecule has 0 unspecified atom stereocenters. The van der Waals surface area contributed by atoms with Gasteiger partial charge in [-0.2, -0.15) is 10.4 Å². The minimum atomic E-state index is -1.09. The number of ether oxygens (including phenoxy) is 3. The van der Waals surface area contributed by atoms with Gasteiger partial charge in [0, 0.05) is 28.4 Å². The zero-order chi connectivity index (χ0) is 21.4. The highest BCUT2D eigenvalue weighted by atomic mass is 79.9. The number of aromatic nitrogens is 1. The van der Waals surface area contributed by atoms with Crippen molar-refractivity contribution < 1.29 is 24.1 Å². The summed E-state index contributed by atoms with van der Waals surface area (Å²) in [7, 11) is 3.00. The molecule has 0 radical (unpaired) electrons. The zero-order valence-corrected chi connectivity index (χ0v) is 17.6. The van der Waals surface area contributed by atoms with Crippen LogP contribution in [-0.4, -0.2) is 43.1 Å². The SMILES string of the molecule is COCc1cc(C)nc(N/N=C\c2cc(OC)c(OCC(=O)O)cc2Br)c1C#N. The number of carboxylic acid groups (broad SMARTS) is 1. The summed E-state index contributed by atoms with van der Waals surface area (Å²) in [5.74, 6) is -0.141. The van der Waals surface area contributed by atoms with Crippen molar-refractivity contribution in [1.82, 2.24) is 4.98 Å². The third kappa shape index (κ3) is 5.91. The van der Waals surface area contributed by atoms with E-state index >= 15 is 0 Å². The Hall–Kier alpha value is -3.16. The first-order chi connectivity index (χ1) is 13.9. The summed E-state index contributed by atoms with van der Waals surface area (Å²) in [4.78, 5) is 15.0. The first-order valence-electron chi connectivity index (χ1n) is 8.30.